The van der Waals surface area contributed by atoms with Gasteiger partial charge in [0.1, 0.15) is 5.15 Å². The van der Waals surface area contributed by atoms with Gasteiger partial charge in [-0.2, -0.15) is 0 Å². The number of hydrogen-bond acceptors (Lipinski definition) is 4. The van der Waals surface area contributed by atoms with E-state index in [0.717, 1.165) is 24.1 Å². The first-order valence-electron chi connectivity index (χ1n) is 5.89. The van der Waals surface area contributed by atoms with E-state index >= 15 is 0 Å². The molecule has 0 aromatic carbocycles. The Kier molecular flexibility index (Phi) is 3.05. The van der Waals surface area contributed by atoms with E-state index in [4.69, 9.17) is 11.6 Å². The summed E-state index contributed by atoms with van der Waals surface area (Å²) in [6, 6.07) is 0. The molecular weight excluding hydrogens is 242 g/mol. The molecule has 0 amide bonds. The molecule has 1 aliphatic carbocycles. The van der Waals surface area contributed by atoms with Crippen molar-refractivity contribution < 1.29 is 0 Å². The number of anilines is 1. The van der Waals surface area contributed by atoms with Crippen molar-refractivity contribution in [3.05, 3.63) is 10.5 Å². The van der Waals surface area contributed by atoms with Gasteiger partial charge in [-0.1, -0.05) is 11.6 Å². The van der Waals surface area contributed by atoms with Crippen molar-refractivity contribution in [2.75, 3.05) is 37.6 Å². The van der Waals surface area contributed by atoms with Crippen LogP contribution < -0.4 is 4.90 Å². The third-order valence-corrected chi connectivity index (χ3v) is 4.54. The van der Waals surface area contributed by atoms with E-state index in [0.29, 0.717) is 5.15 Å². The molecule has 2 fully saturated rings. The third-order valence-electron chi connectivity index (χ3n) is 3.32. The maximum absolute atomic E-state index is 5.85. The number of aromatic nitrogens is 1. The molecule has 0 bridgehead atoms. The van der Waals surface area contributed by atoms with Gasteiger partial charge in [0, 0.05) is 38.1 Å². The van der Waals surface area contributed by atoms with Gasteiger partial charge < -0.3 is 4.90 Å². The zero-order valence-electron chi connectivity index (χ0n) is 9.23. The first-order valence-corrected chi connectivity index (χ1v) is 7.15. The average Bonchev–Trinajstić information content (AvgIpc) is 3.00. The monoisotopic (exact) mass is 257 g/mol. The van der Waals surface area contributed by atoms with E-state index in [1.165, 1.54) is 32.5 Å². The first-order chi connectivity index (χ1) is 7.81. The number of thiazole rings is 1. The zero-order valence-corrected chi connectivity index (χ0v) is 10.8. The van der Waals surface area contributed by atoms with Crippen molar-refractivity contribution in [2.24, 2.45) is 5.92 Å². The van der Waals surface area contributed by atoms with Crippen LogP contribution in [0.25, 0.3) is 0 Å². The van der Waals surface area contributed by atoms with E-state index in [-0.39, 0.29) is 0 Å². The van der Waals surface area contributed by atoms with Crippen LogP contribution in [0.4, 0.5) is 5.13 Å². The van der Waals surface area contributed by atoms with Crippen LogP contribution in [0.3, 0.4) is 0 Å². The van der Waals surface area contributed by atoms with Gasteiger partial charge in [0.25, 0.3) is 0 Å². The smallest absolute Gasteiger partial charge is 0.186 e. The van der Waals surface area contributed by atoms with Crippen molar-refractivity contribution in [3.8, 4) is 0 Å². The van der Waals surface area contributed by atoms with Gasteiger partial charge in [-0.3, -0.25) is 4.90 Å². The standard InChI is InChI=1S/C11H16ClN3S/c12-10-8-16-11(13-10)15-5-3-14(4-6-15)7-9-1-2-9/h8-9H,1-7H2. The molecule has 0 spiro atoms. The van der Waals surface area contributed by atoms with Gasteiger partial charge in [0.15, 0.2) is 5.13 Å². The van der Waals surface area contributed by atoms with Crippen LogP contribution in [0.15, 0.2) is 5.38 Å². The van der Waals surface area contributed by atoms with E-state index in [1.807, 2.05) is 5.38 Å². The lowest BCUT2D eigenvalue weighted by Gasteiger charge is -2.34. The van der Waals surface area contributed by atoms with Gasteiger partial charge >= 0.3 is 0 Å². The van der Waals surface area contributed by atoms with Crippen molar-refractivity contribution in [3.63, 3.8) is 0 Å². The number of halogens is 1. The maximum Gasteiger partial charge on any atom is 0.186 e. The molecule has 16 heavy (non-hydrogen) atoms. The summed E-state index contributed by atoms with van der Waals surface area (Å²) in [6.45, 7) is 5.85. The fourth-order valence-electron chi connectivity index (χ4n) is 2.18. The van der Waals surface area contributed by atoms with Gasteiger partial charge in [-0.25, -0.2) is 4.98 Å². The predicted molar refractivity (Wildman–Crippen MR) is 68.5 cm³/mol. The van der Waals surface area contributed by atoms with Crippen LogP contribution in [-0.4, -0.2) is 42.6 Å². The molecule has 3 rings (SSSR count). The summed E-state index contributed by atoms with van der Waals surface area (Å²) in [5.41, 5.74) is 0. The molecule has 2 heterocycles. The van der Waals surface area contributed by atoms with Crippen LogP contribution in [0.5, 0.6) is 0 Å². The lowest BCUT2D eigenvalue weighted by Crippen LogP contribution is -2.47. The summed E-state index contributed by atoms with van der Waals surface area (Å²) in [6.07, 6.45) is 2.89. The first kappa shape index (κ1) is 10.8. The topological polar surface area (TPSA) is 19.4 Å². The molecule has 1 aromatic heterocycles. The number of nitrogens with zero attached hydrogens (tertiary/aromatic N) is 3. The van der Waals surface area contributed by atoms with E-state index in [1.54, 1.807) is 11.3 Å². The number of hydrogen-bond donors (Lipinski definition) is 0. The minimum Gasteiger partial charge on any atom is -0.345 e. The van der Waals surface area contributed by atoms with Crippen LogP contribution in [0, 0.1) is 5.92 Å². The summed E-state index contributed by atoms with van der Waals surface area (Å²) >= 11 is 7.50. The molecule has 2 aliphatic rings. The van der Waals surface area contributed by atoms with Crippen LogP contribution in [0.1, 0.15) is 12.8 Å². The molecule has 1 aliphatic heterocycles. The van der Waals surface area contributed by atoms with Crippen LogP contribution in [0.2, 0.25) is 5.15 Å². The summed E-state index contributed by atoms with van der Waals surface area (Å²) in [7, 11) is 0. The fourth-order valence-corrected chi connectivity index (χ4v) is 3.18. The Morgan fingerprint density at radius 3 is 2.62 bits per heavy atom. The van der Waals surface area contributed by atoms with Crippen molar-refractivity contribution in [1.29, 1.82) is 0 Å². The molecule has 88 valence electrons. The summed E-state index contributed by atoms with van der Waals surface area (Å²) in [4.78, 5) is 9.26. The summed E-state index contributed by atoms with van der Waals surface area (Å²) < 4.78 is 0. The van der Waals surface area contributed by atoms with Crippen LogP contribution in [-0.2, 0) is 0 Å². The predicted octanol–water partition coefficient (Wildman–Crippen LogP) is 2.33. The second kappa shape index (κ2) is 4.51. The normalized spacial score (nSPS) is 22.7. The summed E-state index contributed by atoms with van der Waals surface area (Å²) in [5, 5.41) is 3.62. The Morgan fingerprint density at radius 2 is 2.06 bits per heavy atom. The van der Waals surface area contributed by atoms with Crippen molar-refractivity contribution in [1.82, 2.24) is 9.88 Å². The van der Waals surface area contributed by atoms with Gasteiger partial charge in [0.2, 0.25) is 0 Å². The highest BCUT2D eigenvalue weighted by Gasteiger charge is 2.26. The zero-order chi connectivity index (χ0) is 11.0. The third kappa shape index (κ3) is 2.50. The maximum atomic E-state index is 5.85. The Hall–Kier alpha value is -0.320. The fraction of sp³-hybridized carbons (Fsp3) is 0.727. The van der Waals surface area contributed by atoms with E-state index < -0.39 is 0 Å². The molecule has 1 aromatic rings. The highest BCUT2D eigenvalue weighted by atomic mass is 35.5. The van der Waals surface area contributed by atoms with E-state index in [9.17, 15) is 0 Å². The molecule has 0 N–H and O–H groups in total. The minimum absolute atomic E-state index is 0.625. The second-order valence-corrected chi connectivity index (χ2v) is 5.91. The average molecular weight is 258 g/mol. The molecule has 1 saturated carbocycles. The molecule has 1 saturated heterocycles. The van der Waals surface area contributed by atoms with Crippen LogP contribution >= 0.6 is 22.9 Å². The number of piperazine rings is 1. The largest absolute Gasteiger partial charge is 0.345 e. The van der Waals surface area contributed by atoms with Gasteiger partial charge in [-0.05, 0) is 18.8 Å². The second-order valence-electron chi connectivity index (χ2n) is 4.68. The molecule has 0 unspecified atom stereocenters. The van der Waals surface area contributed by atoms with Crippen molar-refractivity contribution in [2.45, 2.75) is 12.8 Å². The van der Waals surface area contributed by atoms with E-state index in [2.05, 4.69) is 14.8 Å². The molecular formula is C11H16ClN3S. The Labute approximate surface area is 105 Å². The molecule has 3 nitrogen and oxygen atoms in total. The Morgan fingerprint density at radius 1 is 1.31 bits per heavy atom. The SMILES string of the molecule is Clc1csc(N2CCN(CC3CC3)CC2)n1. The highest BCUT2D eigenvalue weighted by molar-refractivity contribution is 7.14. The quantitative estimate of drug-likeness (QED) is 0.829. The minimum atomic E-state index is 0.625. The highest BCUT2D eigenvalue weighted by Crippen LogP contribution is 2.30. The van der Waals surface area contributed by atoms with Crippen molar-refractivity contribution >= 4 is 28.1 Å². The summed E-state index contributed by atoms with van der Waals surface area (Å²) in [5.74, 6) is 1.00. The lowest BCUT2D eigenvalue weighted by atomic mass is 10.3. The van der Waals surface area contributed by atoms with Gasteiger partial charge in [-0.15, -0.1) is 11.3 Å². The lowest BCUT2D eigenvalue weighted by molar-refractivity contribution is 0.248. The molecule has 0 radical (unpaired) electrons. The number of rotatable bonds is 3. The molecule has 0 atom stereocenters. The Balaban J connectivity index is 1.53. The van der Waals surface area contributed by atoms with Gasteiger partial charge in [0.05, 0.1) is 0 Å². The molecule has 5 heteroatoms. The Bertz CT molecular complexity index is 356.